The molecule has 108 valence electrons. The van der Waals surface area contributed by atoms with Gasteiger partial charge in [-0.25, -0.2) is 4.98 Å². The summed E-state index contributed by atoms with van der Waals surface area (Å²) in [5, 5.41) is 11.7. The number of oxime groups is 1. The third-order valence-corrected chi connectivity index (χ3v) is 4.62. The van der Waals surface area contributed by atoms with Crippen LogP contribution in [0.1, 0.15) is 24.8 Å². The van der Waals surface area contributed by atoms with Gasteiger partial charge in [-0.2, -0.15) is 0 Å². The molecule has 1 aromatic heterocycles. The van der Waals surface area contributed by atoms with E-state index in [-0.39, 0.29) is 5.84 Å². The van der Waals surface area contributed by atoms with Crippen LogP contribution in [0.5, 0.6) is 0 Å². The first-order valence-corrected chi connectivity index (χ1v) is 7.10. The van der Waals surface area contributed by atoms with E-state index in [2.05, 4.69) is 27.0 Å². The van der Waals surface area contributed by atoms with E-state index in [4.69, 9.17) is 10.9 Å². The summed E-state index contributed by atoms with van der Waals surface area (Å²) < 4.78 is 0. The lowest BCUT2D eigenvalue weighted by Crippen LogP contribution is -2.37. The third-order valence-electron chi connectivity index (χ3n) is 4.62. The van der Waals surface area contributed by atoms with Crippen molar-refractivity contribution in [3.63, 3.8) is 0 Å². The molecule has 2 fully saturated rings. The predicted molar refractivity (Wildman–Crippen MR) is 78.2 cm³/mol. The number of nitrogens with two attached hydrogens (primary N) is 1. The molecule has 2 aliphatic heterocycles. The number of fused-ring (bicyclic) bond motifs is 2. The van der Waals surface area contributed by atoms with Crippen LogP contribution in [0.3, 0.4) is 0 Å². The minimum atomic E-state index is 0.0960. The fourth-order valence-corrected chi connectivity index (χ4v) is 3.30. The number of nitrogens with zero attached hydrogens (tertiary/aromatic N) is 4. The molecule has 0 radical (unpaired) electrons. The number of hydrogen-bond acceptors (Lipinski definition) is 5. The van der Waals surface area contributed by atoms with Crippen LogP contribution in [0.15, 0.2) is 23.5 Å². The Kier molecular flexibility index (Phi) is 3.48. The molecule has 6 nitrogen and oxygen atoms in total. The van der Waals surface area contributed by atoms with Crippen LogP contribution in [0.2, 0.25) is 0 Å². The third kappa shape index (κ3) is 2.31. The van der Waals surface area contributed by atoms with E-state index in [1.807, 2.05) is 12.1 Å². The maximum atomic E-state index is 8.66. The Morgan fingerprint density at radius 3 is 2.85 bits per heavy atom. The highest BCUT2D eigenvalue weighted by Crippen LogP contribution is 2.30. The molecule has 3 N–H and O–H groups in total. The average molecular weight is 275 g/mol. The van der Waals surface area contributed by atoms with E-state index in [0.717, 1.165) is 24.9 Å². The molecule has 2 saturated heterocycles. The van der Waals surface area contributed by atoms with Gasteiger partial charge in [0, 0.05) is 36.9 Å². The van der Waals surface area contributed by atoms with Crippen molar-refractivity contribution in [1.29, 1.82) is 0 Å². The maximum Gasteiger partial charge on any atom is 0.171 e. The number of likely N-dealkylation sites (N-methyl/N-ethyl adjacent to an activating group) is 1. The van der Waals surface area contributed by atoms with Crippen molar-refractivity contribution in [2.24, 2.45) is 10.9 Å². The fourth-order valence-electron chi connectivity index (χ4n) is 3.30. The fraction of sp³-hybridized carbons (Fsp3) is 0.571. The molecule has 3 heterocycles. The molecule has 0 aromatic carbocycles. The highest BCUT2D eigenvalue weighted by Gasteiger charge is 2.34. The molecule has 0 aliphatic carbocycles. The second-order valence-electron chi connectivity index (χ2n) is 5.68. The number of amidine groups is 1. The summed E-state index contributed by atoms with van der Waals surface area (Å²) in [5.41, 5.74) is 6.20. The maximum absolute atomic E-state index is 8.66. The van der Waals surface area contributed by atoms with Gasteiger partial charge in [0.25, 0.3) is 0 Å². The summed E-state index contributed by atoms with van der Waals surface area (Å²) in [6.07, 6.45) is 5.46. The Labute approximate surface area is 118 Å². The highest BCUT2D eigenvalue weighted by atomic mass is 16.4. The number of hydrogen-bond donors (Lipinski definition) is 2. The van der Waals surface area contributed by atoms with Crippen molar-refractivity contribution in [3.8, 4) is 0 Å². The molecular weight excluding hydrogens is 254 g/mol. The van der Waals surface area contributed by atoms with Gasteiger partial charge in [0.1, 0.15) is 5.82 Å². The van der Waals surface area contributed by atoms with E-state index in [9.17, 15) is 0 Å². The predicted octanol–water partition coefficient (Wildman–Crippen LogP) is 0.849. The van der Waals surface area contributed by atoms with Gasteiger partial charge in [0.05, 0.1) is 0 Å². The lowest BCUT2D eigenvalue weighted by atomic mass is 10.1. The zero-order valence-electron chi connectivity index (χ0n) is 11.7. The molecule has 2 unspecified atom stereocenters. The Bertz CT molecular complexity index is 501. The summed E-state index contributed by atoms with van der Waals surface area (Å²) in [6, 6.07) is 5.16. The average Bonchev–Trinajstić information content (AvgIpc) is 2.72. The molecule has 2 aliphatic rings. The minimum Gasteiger partial charge on any atom is -0.409 e. The summed E-state index contributed by atoms with van der Waals surface area (Å²) in [4.78, 5) is 9.32. The van der Waals surface area contributed by atoms with Gasteiger partial charge in [-0.15, -0.1) is 0 Å². The molecule has 1 aromatic rings. The van der Waals surface area contributed by atoms with Crippen LogP contribution in [0.25, 0.3) is 0 Å². The highest BCUT2D eigenvalue weighted by molar-refractivity contribution is 5.96. The normalized spacial score (nSPS) is 27.6. The second-order valence-corrected chi connectivity index (χ2v) is 5.68. The Morgan fingerprint density at radius 2 is 2.15 bits per heavy atom. The number of pyridine rings is 1. The summed E-state index contributed by atoms with van der Waals surface area (Å²) in [7, 11) is 2.24. The summed E-state index contributed by atoms with van der Waals surface area (Å²) in [5.74, 6) is 1.07. The first-order valence-electron chi connectivity index (χ1n) is 7.10. The monoisotopic (exact) mass is 275 g/mol. The van der Waals surface area contributed by atoms with E-state index >= 15 is 0 Å². The molecule has 0 spiro atoms. The minimum absolute atomic E-state index is 0.0960. The van der Waals surface area contributed by atoms with Gasteiger partial charge < -0.3 is 15.8 Å². The molecular formula is C14H21N5O. The standard InChI is InChI=1S/C14H21N5O/c1-18-11-3-4-12(18)9-19(7-6-11)13-5-2-10(8-16-13)14(15)17-20/h2,5,8,11-12,20H,3-4,6-7,9H2,1H3,(H2,15,17). The van der Waals surface area contributed by atoms with Crippen LogP contribution < -0.4 is 10.6 Å². The Morgan fingerprint density at radius 1 is 1.35 bits per heavy atom. The van der Waals surface area contributed by atoms with E-state index in [1.165, 1.54) is 19.3 Å². The molecule has 2 bridgehead atoms. The van der Waals surface area contributed by atoms with Gasteiger partial charge in [0.2, 0.25) is 0 Å². The largest absolute Gasteiger partial charge is 0.409 e. The zero-order chi connectivity index (χ0) is 14.1. The first-order chi connectivity index (χ1) is 9.69. The van der Waals surface area contributed by atoms with Crippen molar-refractivity contribution < 1.29 is 5.21 Å². The van der Waals surface area contributed by atoms with Gasteiger partial charge in [-0.05, 0) is 38.4 Å². The van der Waals surface area contributed by atoms with E-state index in [1.54, 1.807) is 6.20 Å². The van der Waals surface area contributed by atoms with Crippen LogP contribution in [0.4, 0.5) is 5.82 Å². The van der Waals surface area contributed by atoms with Crippen molar-refractivity contribution in [2.75, 3.05) is 25.0 Å². The van der Waals surface area contributed by atoms with E-state index in [0.29, 0.717) is 11.6 Å². The topological polar surface area (TPSA) is 78.0 Å². The van der Waals surface area contributed by atoms with Crippen molar-refractivity contribution in [1.82, 2.24) is 9.88 Å². The zero-order valence-corrected chi connectivity index (χ0v) is 11.7. The van der Waals surface area contributed by atoms with Crippen LogP contribution in [-0.2, 0) is 0 Å². The SMILES string of the molecule is CN1C2CCC1CN(c1ccc(C(N)=NO)cn1)CC2. The molecule has 3 rings (SSSR count). The van der Waals surface area contributed by atoms with Gasteiger partial charge in [0.15, 0.2) is 5.84 Å². The first kappa shape index (κ1) is 13.2. The van der Waals surface area contributed by atoms with Gasteiger partial charge in [-0.1, -0.05) is 5.16 Å². The molecule has 2 atom stereocenters. The molecule has 0 amide bonds. The quantitative estimate of drug-likeness (QED) is 0.362. The summed E-state index contributed by atoms with van der Waals surface area (Å²) >= 11 is 0. The van der Waals surface area contributed by atoms with Crippen molar-refractivity contribution in [3.05, 3.63) is 23.9 Å². The van der Waals surface area contributed by atoms with Crippen LogP contribution in [-0.4, -0.2) is 53.1 Å². The summed E-state index contributed by atoms with van der Waals surface area (Å²) in [6.45, 7) is 2.07. The van der Waals surface area contributed by atoms with Crippen molar-refractivity contribution in [2.45, 2.75) is 31.3 Å². The molecule has 0 saturated carbocycles. The molecule has 20 heavy (non-hydrogen) atoms. The van der Waals surface area contributed by atoms with E-state index < -0.39 is 0 Å². The lowest BCUT2D eigenvalue weighted by Gasteiger charge is -2.26. The van der Waals surface area contributed by atoms with Gasteiger partial charge >= 0.3 is 0 Å². The Hall–Kier alpha value is -1.82. The smallest absolute Gasteiger partial charge is 0.171 e. The lowest BCUT2D eigenvalue weighted by molar-refractivity contribution is 0.254. The van der Waals surface area contributed by atoms with Crippen LogP contribution >= 0.6 is 0 Å². The Balaban J connectivity index is 1.76. The van der Waals surface area contributed by atoms with Crippen molar-refractivity contribution >= 4 is 11.7 Å². The second kappa shape index (κ2) is 5.28. The van der Waals surface area contributed by atoms with Gasteiger partial charge in [-0.3, -0.25) is 4.90 Å². The molecule has 6 heteroatoms. The van der Waals surface area contributed by atoms with Crippen LogP contribution in [0, 0.1) is 0 Å². The number of anilines is 1. The number of aromatic nitrogens is 1. The number of rotatable bonds is 2.